The van der Waals surface area contributed by atoms with E-state index in [1.165, 1.54) is 0 Å². The van der Waals surface area contributed by atoms with E-state index >= 15 is 0 Å². The molecule has 0 amide bonds. The molecule has 2 nitrogen and oxygen atoms in total. The van der Waals surface area contributed by atoms with Crippen molar-refractivity contribution >= 4 is 15.9 Å². The van der Waals surface area contributed by atoms with Crippen molar-refractivity contribution < 1.29 is 4.74 Å². The van der Waals surface area contributed by atoms with Crippen LogP contribution >= 0.6 is 15.9 Å². The topological polar surface area (TPSA) is 35.2 Å². The molecule has 0 atom stereocenters. The fourth-order valence-corrected chi connectivity index (χ4v) is 1.56. The molecule has 0 fully saturated rings. The van der Waals surface area contributed by atoms with E-state index in [1.807, 2.05) is 18.2 Å². The zero-order chi connectivity index (χ0) is 10.4. The van der Waals surface area contributed by atoms with E-state index in [4.69, 9.17) is 16.9 Å². The van der Waals surface area contributed by atoms with Crippen molar-refractivity contribution in [3.63, 3.8) is 0 Å². The molecular weight excluding hydrogens is 242 g/mol. The van der Waals surface area contributed by atoms with Gasteiger partial charge < -0.3 is 10.5 Å². The monoisotopic (exact) mass is 253 g/mol. The van der Waals surface area contributed by atoms with Crippen LogP contribution in [-0.2, 0) is 6.42 Å². The molecule has 1 aromatic rings. The van der Waals surface area contributed by atoms with E-state index in [0.717, 1.165) is 22.2 Å². The average molecular weight is 254 g/mol. The van der Waals surface area contributed by atoms with E-state index in [-0.39, 0.29) is 0 Å². The zero-order valence-corrected chi connectivity index (χ0v) is 9.38. The SMILES string of the molecule is C#CCOc1ccc(Br)c(CCN)c1. The third kappa shape index (κ3) is 3.06. The molecule has 0 heterocycles. The highest BCUT2D eigenvalue weighted by atomic mass is 79.9. The lowest BCUT2D eigenvalue weighted by molar-refractivity contribution is 0.370. The van der Waals surface area contributed by atoms with Gasteiger partial charge in [-0.2, -0.15) is 0 Å². The third-order valence-corrected chi connectivity index (χ3v) is 2.53. The molecule has 14 heavy (non-hydrogen) atoms. The lowest BCUT2D eigenvalue weighted by atomic mass is 10.1. The third-order valence-electron chi connectivity index (χ3n) is 1.75. The Balaban J connectivity index is 2.78. The second-order valence-corrected chi connectivity index (χ2v) is 3.64. The highest BCUT2D eigenvalue weighted by Gasteiger charge is 2.01. The quantitative estimate of drug-likeness (QED) is 0.833. The van der Waals surface area contributed by atoms with Crippen LogP contribution in [-0.4, -0.2) is 13.2 Å². The molecule has 0 radical (unpaired) electrons. The lowest BCUT2D eigenvalue weighted by Gasteiger charge is -2.06. The molecule has 1 rings (SSSR count). The molecule has 0 unspecified atom stereocenters. The molecular formula is C11H12BrNO. The first-order valence-electron chi connectivity index (χ1n) is 4.32. The predicted molar refractivity (Wildman–Crippen MR) is 61.2 cm³/mol. The van der Waals surface area contributed by atoms with Crippen molar-refractivity contribution in [2.75, 3.05) is 13.2 Å². The maximum Gasteiger partial charge on any atom is 0.148 e. The molecule has 3 heteroatoms. The zero-order valence-electron chi connectivity index (χ0n) is 7.79. The molecule has 0 saturated carbocycles. The van der Waals surface area contributed by atoms with Crippen LogP contribution in [0.15, 0.2) is 22.7 Å². The molecule has 0 aliphatic carbocycles. The first kappa shape index (κ1) is 11.1. The van der Waals surface area contributed by atoms with Gasteiger partial charge in [0.05, 0.1) is 0 Å². The largest absolute Gasteiger partial charge is 0.481 e. The number of hydrogen-bond donors (Lipinski definition) is 1. The van der Waals surface area contributed by atoms with Gasteiger partial charge in [-0.3, -0.25) is 0 Å². The Morgan fingerprint density at radius 2 is 2.29 bits per heavy atom. The number of terminal acetylenes is 1. The molecule has 0 spiro atoms. The fourth-order valence-electron chi connectivity index (χ4n) is 1.11. The summed E-state index contributed by atoms with van der Waals surface area (Å²) in [5.41, 5.74) is 6.63. The molecule has 0 aliphatic heterocycles. The Bertz CT molecular complexity index is 344. The second kappa shape index (κ2) is 5.69. The maximum absolute atomic E-state index is 5.49. The van der Waals surface area contributed by atoms with E-state index in [2.05, 4.69) is 21.9 Å². The van der Waals surface area contributed by atoms with Crippen LogP contribution in [0.25, 0.3) is 0 Å². The van der Waals surface area contributed by atoms with Gasteiger partial charge in [0.1, 0.15) is 12.4 Å². The van der Waals surface area contributed by atoms with Crippen LogP contribution in [0.1, 0.15) is 5.56 Å². The van der Waals surface area contributed by atoms with Gasteiger partial charge in [0.25, 0.3) is 0 Å². The van der Waals surface area contributed by atoms with Gasteiger partial charge in [0.15, 0.2) is 0 Å². The van der Waals surface area contributed by atoms with E-state index < -0.39 is 0 Å². The highest BCUT2D eigenvalue weighted by Crippen LogP contribution is 2.22. The summed E-state index contributed by atoms with van der Waals surface area (Å²) in [6.07, 6.45) is 5.93. The number of halogens is 1. The van der Waals surface area contributed by atoms with Gasteiger partial charge in [0.2, 0.25) is 0 Å². The summed E-state index contributed by atoms with van der Waals surface area (Å²) in [5, 5.41) is 0. The van der Waals surface area contributed by atoms with Crippen molar-refractivity contribution in [1.29, 1.82) is 0 Å². The maximum atomic E-state index is 5.49. The van der Waals surface area contributed by atoms with Gasteiger partial charge >= 0.3 is 0 Å². The molecule has 1 aromatic carbocycles. The number of hydrogen-bond acceptors (Lipinski definition) is 2. The summed E-state index contributed by atoms with van der Waals surface area (Å²) in [5.74, 6) is 3.21. The molecule has 74 valence electrons. The number of nitrogens with two attached hydrogens (primary N) is 1. The van der Waals surface area contributed by atoms with Crippen molar-refractivity contribution in [2.24, 2.45) is 5.73 Å². The molecule has 2 N–H and O–H groups in total. The molecule has 0 saturated heterocycles. The Kier molecular flexibility index (Phi) is 4.51. The number of benzene rings is 1. The van der Waals surface area contributed by atoms with E-state index in [1.54, 1.807) is 0 Å². The first-order chi connectivity index (χ1) is 6.77. The summed E-state index contributed by atoms with van der Waals surface area (Å²) < 4.78 is 6.35. The molecule has 0 aliphatic rings. The minimum atomic E-state index is 0.295. The van der Waals surface area contributed by atoms with E-state index in [0.29, 0.717) is 13.2 Å². The van der Waals surface area contributed by atoms with Crippen molar-refractivity contribution in [3.8, 4) is 18.1 Å². The number of ether oxygens (including phenoxy) is 1. The van der Waals surface area contributed by atoms with Crippen molar-refractivity contribution in [1.82, 2.24) is 0 Å². The Labute approximate surface area is 92.6 Å². The summed E-state index contributed by atoms with van der Waals surface area (Å²) in [6.45, 7) is 0.918. The van der Waals surface area contributed by atoms with Crippen LogP contribution in [0.4, 0.5) is 0 Å². The van der Waals surface area contributed by atoms with Crippen LogP contribution in [0.3, 0.4) is 0 Å². The first-order valence-corrected chi connectivity index (χ1v) is 5.12. The minimum Gasteiger partial charge on any atom is -0.481 e. The summed E-state index contributed by atoms with van der Waals surface area (Å²) in [6, 6.07) is 5.77. The van der Waals surface area contributed by atoms with E-state index in [9.17, 15) is 0 Å². The van der Waals surface area contributed by atoms with Gasteiger partial charge in [-0.25, -0.2) is 0 Å². The van der Waals surface area contributed by atoms with Crippen LogP contribution in [0.5, 0.6) is 5.75 Å². The second-order valence-electron chi connectivity index (χ2n) is 2.78. The Morgan fingerprint density at radius 3 is 2.93 bits per heavy atom. The molecule has 0 aromatic heterocycles. The lowest BCUT2D eigenvalue weighted by Crippen LogP contribution is -2.03. The predicted octanol–water partition coefficient (Wildman–Crippen LogP) is 1.96. The van der Waals surface area contributed by atoms with Crippen LogP contribution in [0, 0.1) is 12.3 Å². The highest BCUT2D eigenvalue weighted by molar-refractivity contribution is 9.10. The summed E-state index contributed by atoms with van der Waals surface area (Å²) in [4.78, 5) is 0. The Hall–Kier alpha value is -0.980. The van der Waals surface area contributed by atoms with Crippen molar-refractivity contribution in [3.05, 3.63) is 28.2 Å². The fraction of sp³-hybridized carbons (Fsp3) is 0.273. The van der Waals surface area contributed by atoms with Crippen molar-refractivity contribution in [2.45, 2.75) is 6.42 Å². The molecule has 0 bridgehead atoms. The summed E-state index contributed by atoms with van der Waals surface area (Å²) >= 11 is 3.45. The Morgan fingerprint density at radius 1 is 1.50 bits per heavy atom. The van der Waals surface area contributed by atoms with Gasteiger partial charge in [-0.05, 0) is 36.7 Å². The van der Waals surface area contributed by atoms with Crippen LogP contribution < -0.4 is 10.5 Å². The number of rotatable bonds is 4. The minimum absolute atomic E-state index is 0.295. The van der Waals surface area contributed by atoms with Gasteiger partial charge in [0, 0.05) is 4.47 Å². The van der Waals surface area contributed by atoms with Gasteiger partial charge in [-0.1, -0.05) is 21.9 Å². The normalized spacial score (nSPS) is 9.50. The van der Waals surface area contributed by atoms with Gasteiger partial charge in [-0.15, -0.1) is 6.42 Å². The average Bonchev–Trinajstić information content (AvgIpc) is 2.19. The smallest absolute Gasteiger partial charge is 0.148 e. The van der Waals surface area contributed by atoms with Crippen LogP contribution in [0.2, 0.25) is 0 Å². The summed E-state index contributed by atoms with van der Waals surface area (Å²) in [7, 11) is 0. The standard InChI is InChI=1S/C11H12BrNO/c1-2-7-14-10-3-4-11(12)9(8-10)5-6-13/h1,3-4,8H,5-7,13H2.